The molecule has 0 radical (unpaired) electrons. The van der Waals surface area contributed by atoms with E-state index >= 15 is 0 Å². The summed E-state index contributed by atoms with van der Waals surface area (Å²) >= 11 is 0. The van der Waals surface area contributed by atoms with Crippen LogP contribution < -0.4 is 10.6 Å². The second-order valence-electron chi connectivity index (χ2n) is 7.80. The van der Waals surface area contributed by atoms with Crippen LogP contribution in [-0.2, 0) is 35.1 Å². The van der Waals surface area contributed by atoms with E-state index in [0.29, 0.717) is 5.56 Å². The summed E-state index contributed by atoms with van der Waals surface area (Å²) in [6.45, 7) is 6.39. The van der Waals surface area contributed by atoms with Crippen LogP contribution in [0.3, 0.4) is 0 Å². The van der Waals surface area contributed by atoms with Crippen LogP contribution in [-0.4, -0.2) is 48.5 Å². The third kappa shape index (κ3) is 9.49. The fourth-order valence-electron chi connectivity index (χ4n) is 2.67. The molecule has 8 nitrogen and oxygen atoms in total. The molecule has 0 saturated carbocycles. The minimum atomic E-state index is -1.11. The predicted octanol–water partition coefficient (Wildman–Crippen LogP) is 1.65. The van der Waals surface area contributed by atoms with Crippen molar-refractivity contribution in [1.29, 1.82) is 0 Å². The van der Waals surface area contributed by atoms with Gasteiger partial charge in [0, 0.05) is 19.8 Å². The minimum absolute atomic E-state index is 0.0170. The quantitative estimate of drug-likeness (QED) is 0.583. The normalized spacial score (nSPS) is 13.0. The molecule has 0 aliphatic heterocycles. The van der Waals surface area contributed by atoms with Crippen LogP contribution in [0.4, 0.5) is 4.39 Å². The molecule has 30 heavy (non-hydrogen) atoms. The Bertz CT molecular complexity index is 775. The molecule has 0 spiro atoms. The average molecular weight is 424 g/mol. The maximum absolute atomic E-state index is 13.4. The van der Waals surface area contributed by atoms with Crippen molar-refractivity contribution >= 4 is 23.8 Å². The molecule has 2 N–H and O–H groups in total. The van der Waals surface area contributed by atoms with E-state index < -0.39 is 47.3 Å². The van der Waals surface area contributed by atoms with Gasteiger partial charge in [0.1, 0.15) is 23.5 Å². The third-order valence-electron chi connectivity index (χ3n) is 3.88. The number of methoxy groups -OCH3 is 1. The van der Waals surface area contributed by atoms with E-state index in [2.05, 4.69) is 10.6 Å². The van der Waals surface area contributed by atoms with Crippen molar-refractivity contribution in [3.8, 4) is 0 Å². The van der Waals surface area contributed by atoms with Gasteiger partial charge in [-0.3, -0.25) is 14.4 Å². The zero-order valence-corrected chi connectivity index (χ0v) is 17.9. The first-order chi connectivity index (χ1) is 13.9. The van der Waals surface area contributed by atoms with Gasteiger partial charge in [0.2, 0.25) is 11.8 Å². The molecular formula is C21H29FN2O6. The summed E-state index contributed by atoms with van der Waals surface area (Å²) in [6, 6.07) is 3.47. The largest absolute Gasteiger partial charge is 0.467 e. The summed E-state index contributed by atoms with van der Waals surface area (Å²) in [4.78, 5) is 48.2. The Morgan fingerprint density at radius 3 is 2.30 bits per heavy atom. The number of halogens is 1. The molecule has 0 aliphatic rings. The molecule has 1 rings (SSSR count). The number of ether oxygens (including phenoxy) is 2. The summed E-state index contributed by atoms with van der Waals surface area (Å²) in [6.07, 6.45) is -0.144. The summed E-state index contributed by atoms with van der Waals surface area (Å²) in [5.74, 6) is -2.86. The van der Waals surface area contributed by atoms with Gasteiger partial charge in [0.25, 0.3) is 0 Å². The lowest BCUT2D eigenvalue weighted by molar-refractivity contribution is -0.155. The Hall–Kier alpha value is -2.97. The lowest BCUT2D eigenvalue weighted by Crippen LogP contribution is -2.52. The van der Waals surface area contributed by atoms with E-state index in [1.807, 2.05) is 0 Å². The van der Waals surface area contributed by atoms with Crippen molar-refractivity contribution in [3.63, 3.8) is 0 Å². The van der Waals surface area contributed by atoms with Gasteiger partial charge in [0.15, 0.2) is 0 Å². The lowest BCUT2D eigenvalue weighted by atomic mass is 10.0. The molecule has 9 heteroatoms. The Morgan fingerprint density at radius 1 is 1.10 bits per heavy atom. The van der Waals surface area contributed by atoms with Gasteiger partial charge in [-0.25, -0.2) is 9.18 Å². The van der Waals surface area contributed by atoms with Crippen molar-refractivity contribution in [2.24, 2.45) is 0 Å². The Balaban J connectivity index is 2.87. The van der Waals surface area contributed by atoms with Crippen molar-refractivity contribution in [2.75, 3.05) is 7.11 Å². The van der Waals surface area contributed by atoms with E-state index in [-0.39, 0.29) is 19.3 Å². The highest BCUT2D eigenvalue weighted by atomic mass is 19.1. The van der Waals surface area contributed by atoms with Gasteiger partial charge >= 0.3 is 11.9 Å². The van der Waals surface area contributed by atoms with E-state index in [1.165, 1.54) is 25.1 Å². The van der Waals surface area contributed by atoms with Crippen LogP contribution in [0.5, 0.6) is 0 Å². The molecule has 0 bridgehead atoms. The SMILES string of the molecule is COC(=O)[C@H](CCC(=O)OC(C)(C)C)NC(=O)[C@@H](Cc1cccc(F)c1)NC(C)=O. The first-order valence-electron chi connectivity index (χ1n) is 9.53. The summed E-state index contributed by atoms with van der Waals surface area (Å²) in [5, 5.41) is 4.99. The maximum Gasteiger partial charge on any atom is 0.328 e. The Kier molecular flexibility index (Phi) is 9.42. The molecule has 0 aromatic heterocycles. The van der Waals surface area contributed by atoms with Crippen LogP contribution >= 0.6 is 0 Å². The lowest BCUT2D eigenvalue weighted by Gasteiger charge is -2.23. The number of rotatable bonds is 9. The number of carbonyl (C=O) groups excluding carboxylic acids is 4. The smallest absolute Gasteiger partial charge is 0.328 e. The number of nitrogens with one attached hydrogen (secondary N) is 2. The number of hydrogen-bond acceptors (Lipinski definition) is 6. The fourth-order valence-corrected chi connectivity index (χ4v) is 2.67. The van der Waals surface area contributed by atoms with Gasteiger partial charge in [-0.05, 0) is 44.9 Å². The first-order valence-corrected chi connectivity index (χ1v) is 9.53. The molecular weight excluding hydrogens is 395 g/mol. The summed E-state index contributed by atoms with van der Waals surface area (Å²) < 4.78 is 23.3. The molecule has 0 fully saturated rings. The van der Waals surface area contributed by atoms with Gasteiger partial charge in [-0.2, -0.15) is 0 Å². The van der Waals surface area contributed by atoms with Crippen LogP contribution in [0.15, 0.2) is 24.3 Å². The van der Waals surface area contributed by atoms with Crippen LogP contribution in [0, 0.1) is 5.82 Å². The molecule has 1 aromatic carbocycles. The van der Waals surface area contributed by atoms with E-state index in [1.54, 1.807) is 26.8 Å². The second kappa shape index (κ2) is 11.3. The van der Waals surface area contributed by atoms with Crippen molar-refractivity contribution in [3.05, 3.63) is 35.6 Å². The fraction of sp³-hybridized carbons (Fsp3) is 0.524. The number of benzene rings is 1. The predicted molar refractivity (Wildman–Crippen MR) is 107 cm³/mol. The van der Waals surface area contributed by atoms with E-state index in [0.717, 1.165) is 7.11 Å². The number of amides is 2. The van der Waals surface area contributed by atoms with Crippen LogP contribution in [0.2, 0.25) is 0 Å². The molecule has 0 heterocycles. The van der Waals surface area contributed by atoms with Crippen molar-refractivity contribution in [1.82, 2.24) is 10.6 Å². The van der Waals surface area contributed by atoms with Crippen LogP contribution in [0.25, 0.3) is 0 Å². The van der Waals surface area contributed by atoms with Gasteiger partial charge < -0.3 is 20.1 Å². The Morgan fingerprint density at radius 2 is 1.77 bits per heavy atom. The summed E-state index contributed by atoms with van der Waals surface area (Å²) in [5.41, 5.74) is -0.185. The van der Waals surface area contributed by atoms with E-state index in [4.69, 9.17) is 9.47 Å². The molecule has 166 valence electrons. The topological polar surface area (TPSA) is 111 Å². The highest BCUT2D eigenvalue weighted by Crippen LogP contribution is 2.11. The zero-order valence-electron chi connectivity index (χ0n) is 17.9. The van der Waals surface area contributed by atoms with Crippen molar-refractivity contribution < 1.29 is 33.0 Å². The second-order valence-corrected chi connectivity index (χ2v) is 7.80. The highest BCUT2D eigenvalue weighted by Gasteiger charge is 2.28. The number of esters is 2. The van der Waals surface area contributed by atoms with Gasteiger partial charge in [0.05, 0.1) is 7.11 Å². The molecule has 0 unspecified atom stereocenters. The maximum atomic E-state index is 13.4. The van der Waals surface area contributed by atoms with Crippen molar-refractivity contribution in [2.45, 2.75) is 64.6 Å². The van der Waals surface area contributed by atoms with E-state index in [9.17, 15) is 23.6 Å². The standard InChI is InChI=1S/C21H29FN2O6/c1-13(25)23-17(12-14-7-6-8-15(22)11-14)19(27)24-16(20(28)29-5)9-10-18(26)30-21(2,3)4/h6-8,11,16-17H,9-10,12H2,1-5H3,(H,23,25)(H,24,27)/t16-,17+/m0/s1. The Labute approximate surface area is 175 Å². The molecule has 0 saturated heterocycles. The molecule has 1 aromatic rings. The minimum Gasteiger partial charge on any atom is -0.467 e. The summed E-state index contributed by atoms with van der Waals surface area (Å²) in [7, 11) is 1.16. The number of hydrogen-bond donors (Lipinski definition) is 2. The number of carbonyl (C=O) groups is 4. The van der Waals surface area contributed by atoms with Crippen LogP contribution in [0.1, 0.15) is 46.1 Å². The molecule has 2 atom stereocenters. The molecule has 0 aliphatic carbocycles. The third-order valence-corrected chi connectivity index (χ3v) is 3.88. The average Bonchev–Trinajstić information content (AvgIpc) is 2.62. The zero-order chi connectivity index (χ0) is 22.9. The van der Waals surface area contributed by atoms with Gasteiger partial charge in [-0.1, -0.05) is 12.1 Å². The highest BCUT2D eigenvalue weighted by molar-refractivity contribution is 5.90. The first kappa shape index (κ1) is 25.1. The monoisotopic (exact) mass is 424 g/mol. The van der Waals surface area contributed by atoms with Gasteiger partial charge in [-0.15, -0.1) is 0 Å². The molecule has 2 amide bonds.